The van der Waals surface area contributed by atoms with Crippen LogP contribution in [0.5, 0.6) is 0 Å². The molecular weight excluding hydrogens is 340 g/mol. The van der Waals surface area contributed by atoms with E-state index in [0.29, 0.717) is 0 Å². The second-order valence-corrected chi connectivity index (χ2v) is 9.47. The smallest absolute Gasteiger partial charge is 0.409 e. The van der Waals surface area contributed by atoms with Crippen molar-refractivity contribution in [1.82, 2.24) is 10.2 Å². The minimum atomic E-state index is -3.66. The van der Waals surface area contributed by atoms with Crippen molar-refractivity contribution in [2.45, 2.75) is 50.3 Å². The largest absolute Gasteiger partial charge is 0.449 e. The number of rotatable bonds is 5. The summed E-state index contributed by atoms with van der Waals surface area (Å²) in [6.45, 7) is 6.29. The molecule has 2 aliphatic rings. The molecule has 0 aromatic rings. The summed E-state index contributed by atoms with van der Waals surface area (Å²) >= 11 is 0. The number of amides is 2. The fraction of sp³-hybridized carbons (Fsp3) is 0.786. The molecule has 1 N–H and O–H groups in total. The molecule has 2 amide bonds. The summed E-state index contributed by atoms with van der Waals surface area (Å²) in [5.41, 5.74) is 0. The van der Waals surface area contributed by atoms with Crippen LogP contribution in [0.1, 0.15) is 34.1 Å². The molecule has 10 heteroatoms. The van der Waals surface area contributed by atoms with Gasteiger partial charge in [0.15, 0.2) is 16.6 Å². The Bertz CT molecular complexity index is 656. The van der Waals surface area contributed by atoms with Crippen molar-refractivity contribution in [3.63, 3.8) is 0 Å². The van der Waals surface area contributed by atoms with Crippen molar-refractivity contribution in [1.29, 1.82) is 0 Å². The van der Waals surface area contributed by atoms with E-state index in [9.17, 15) is 22.8 Å². The Balaban J connectivity index is 1.95. The minimum absolute atomic E-state index is 0.116. The first-order valence-electron chi connectivity index (χ1n) is 7.62. The van der Waals surface area contributed by atoms with Crippen LogP contribution >= 0.6 is 0 Å². The number of hydrogen-bond acceptors (Lipinski definition) is 7. The molecule has 0 aromatic heterocycles. The number of sulfone groups is 1. The van der Waals surface area contributed by atoms with Crippen molar-refractivity contribution < 1.29 is 32.3 Å². The molecule has 24 heavy (non-hydrogen) atoms. The predicted molar refractivity (Wildman–Crippen MR) is 82.3 cm³/mol. The number of esters is 1. The lowest BCUT2D eigenvalue weighted by atomic mass is 9.98. The highest BCUT2D eigenvalue weighted by atomic mass is 32.2. The van der Waals surface area contributed by atoms with Gasteiger partial charge < -0.3 is 14.4 Å². The number of ether oxygens (including phenoxy) is 2. The maximum atomic E-state index is 12.4. The Labute approximate surface area is 140 Å². The molecule has 0 saturated carbocycles. The van der Waals surface area contributed by atoms with Gasteiger partial charge in [0.05, 0.1) is 17.8 Å². The van der Waals surface area contributed by atoms with Gasteiger partial charge in [-0.3, -0.25) is 10.1 Å². The van der Waals surface area contributed by atoms with E-state index < -0.39 is 50.7 Å². The van der Waals surface area contributed by atoms with E-state index in [4.69, 9.17) is 9.47 Å². The van der Waals surface area contributed by atoms with E-state index in [0.717, 1.165) is 4.90 Å². The third-order valence-corrected chi connectivity index (χ3v) is 6.98. The van der Waals surface area contributed by atoms with E-state index in [1.54, 1.807) is 0 Å². The quantitative estimate of drug-likeness (QED) is 0.415. The standard InChI is InChI=1S/C14H22N2O7S/c1-8(2)6-22-13(19)15-7-23-12(18)11-14(3,4)24(20,21)10-5-9(17)16(10)11/h8,10-11H,5-7H2,1-4H3,(H,15,19)/t10-,11+/m1/s1. The second kappa shape index (κ2) is 6.23. The number of carbonyl (C=O) groups is 3. The monoisotopic (exact) mass is 362 g/mol. The number of carbonyl (C=O) groups excluding carboxylic acids is 3. The van der Waals surface area contributed by atoms with Gasteiger partial charge in [0, 0.05) is 0 Å². The Morgan fingerprint density at radius 3 is 2.50 bits per heavy atom. The van der Waals surface area contributed by atoms with Crippen LogP contribution in [0.2, 0.25) is 0 Å². The third-order valence-electron chi connectivity index (χ3n) is 4.18. The van der Waals surface area contributed by atoms with Crippen LogP contribution in [0.15, 0.2) is 0 Å². The fourth-order valence-corrected chi connectivity index (χ4v) is 4.87. The highest BCUT2D eigenvalue weighted by Gasteiger charge is 2.68. The average Bonchev–Trinajstić information content (AvgIpc) is 2.58. The van der Waals surface area contributed by atoms with Crippen LogP contribution in [0.4, 0.5) is 4.79 Å². The number of nitrogens with zero attached hydrogens (tertiary/aromatic N) is 1. The number of β-lactam (4-membered cyclic amide) rings is 1. The Hall–Kier alpha value is -1.84. The molecule has 2 saturated heterocycles. The van der Waals surface area contributed by atoms with Crippen molar-refractivity contribution in [3.8, 4) is 0 Å². The van der Waals surface area contributed by atoms with Crippen molar-refractivity contribution in [2.75, 3.05) is 13.3 Å². The topological polar surface area (TPSA) is 119 Å². The zero-order valence-electron chi connectivity index (χ0n) is 14.1. The average molecular weight is 362 g/mol. The number of nitrogens with one attached hydrogen (secondary N) is 1. The molecule has 9 nitrogen and oxygen atoms in total. The number of fused-ring (bicyclic) bond motifs is 1. The highest BCUT2D eigenvalue weighted by molar-refractivity contribution is 7.93. The molecule has 2 fully saturated rings. The van der Waals surface area contributed by atoms with E-state index in [-0.39, 0.29) is 18.9 Å². The fourth-order valence-electron chi connectivity index (χ4n) is 2.75. The molecule has 2 heterocycles. The first-order valence-corrected chi connectivity index (χ1v) is 9.16. The van der Waals surface area contributed by atoms with Crippen LogP contribution in [0.3, 0.4) is 0 Å². The summed E-state index contributed by atoms with van der Waals surface area (Å²) < 4.78 is 33.1. The Kier molecular flexibility index (Phi) is 4.80. The van der Waals surface area contributed by atoms with Gasteiger partial charge in [0.2, 0.25) is 5.91 Å². The molecule has 0 aliphatic carbocycles. The van der Waals surface area contributed by atoms with Gasteiger partial charge in [-0.25, -0.2) is 18.0 Å². The van der Waals surface area contributed by atoms with E-state index >= 15 is 0 Å². The molecule has 0 spiro atoms. The van der Waals surface area contributed by atoms with Crippen LogP contribution in [0.25, 0.3) is 0 Å². The van der Waals surface area contributed by atoms with Gasteiger partial charge in [-0.1, -0.05) is 13.8 Å². The Morgan fingerprint density at radius 1 is 1.33 bits per heavy atom. The first kappa shape index (κ1) is 18.5. The molecular formula is C14H22N2O7S. The summed E-state index contributed by atoms with van der Waals surface area (Å²) in [5, 5.41) is 1.27. The van der Waals surface area contributed by atoms with Gasteiger partial charge in [-0.15, -0.1) is 0 Å². The van der Waals surface area contributed by atoms with E-state index in [2.05, 4.69) is 5.32 Å². The SMILES string of the molecule is CC(C)COC(=O)NCOC(=O)[C@@H]1N2C(=O)C[C@H]2S(=O)(=O)C1(C)C. The van der Waals surface area contributed by atoms with Crippen LogP contribution in [-0.4, -0.2) is 60.8 Å². The molecule has 136 valence electrons. The van der Waals surface area contributed by atoms with Gasteiger partial charge in [0.25, 0.3) is 0 Å². The number of hydrogen-bond donors (Lipinski definition) is 1. The summed E-state index contributed by atoms with van der Waals surface area (Å²) in [6, 6.07) is -1.22. The summed E-state index contributed by atoms with van der Waals surface area (Å²) in [7, 11) is -3.66. The van der Waals surface area contributed by atoms with Crippen molar-refractivity contribution in [2.24, 2.45) is 5.92 Å². The summed E-state index contributed by atoms with van der Waals surface area (Å²) in [4.78, 5) is 36.4. The van der Waals surface area contributed by atoms with Crippen molar-refractivity contribution >= 4 is 27.8 Å². The zero-order valence-corrected chi connectivity index (χ0v) is 14.9. The van der Waals surface area contributed by atoms with Gasteiger partial charge in [-0.05, 0) is 19.8 Å². The number of alkyl carbamates (subject to hydrolysis) is 1. The van der Waals surface area contributed by atoms with Gasteiger partial charge >= 0.3 is 12.1 Å². The summed E-state index contributed by atoms with van der Waals surface area (Å²) in [5.74, 6) is -1.11. The van der Waals surface area contributed by atoms with Gasteiger partial charge in [0.1, 0.15) is 11.4 Å². The second-order valence-electron chi connectivity index (χ2n) is 6.79. The maximum Gasteiger partial charge on any atom is 0.409 e. The lowest BCUT2D eigenvalue weighted by molar-refractivity contribution is -0.161. The molecule has 0 bridgehead atoms. The zero-order chi connectivity index (χ0) is 18.3. The highest BCUT2D eigenvalue weighted by Crippen LogP contribution is 2.45. The summed E-state index contributed by atoms with van der Waals surface area (Å²) in [6.07, 6.45) is -0.859. The molecule has 2 rings (SSSR count). The molecule has 2 atom stereocenters. The van der Waals surface area contributed by atoms with Crippen LogP contribution in [0, 0.1) is 5.92 Å². The molecule has 2 aliphatic heterocycles. The molecule has 0 radical (unpaired) electrons. The molecule has 0 unspecified atom stereocenters. The Morgan fingerprint density at radius 2 is 1.96 bits per heavy atom. The van der Waals surface area contributed by atoms with Crippen LogP contribution in [-0.2, 0) is 28.9 Å². The normalized spacial score (nSPS) is 26.5. The van der Waals surface area contributed by atoms with E-state index in [1.165, 1.54) is 13.8 Å². The van der Waals surface area contributed by atoms with E-state index in [1.807, 2.05) is 13.8 Å². The third kappa shape index (κ3) is 2.94. The predicted octanol–water partition coefficient (Wildman–Crippen LogP) is 0.00330. The lowest BCUT2D eigenvalue weighted by Crippen LogP contribution is -2.57. The molecule has 0 aromatic carbocycles. The minimum Gasteiger partial charge on any atom is -0.449 e. The first-order chi connectivity index (χ1) is 11.0. The van der Waals surface area contributed by atoms with Crippen molar-refractivity contribution in [3.05, 3.63) is 0 Å². The lowest BCUT2D eigenvalue weighted by Gasteiger charge is -2.36. The van der Waals surface area contributed by atoms with Crippen LogP contribution < -0.4 is 5.32 Å². The van der Waals surface area contributed by atoms with Gasteiger partial charge in [-0.2, -0.15) is 0 Å². The maximum absolute atomic E-state index is 12.4.